The van der Waals surface area contributed by atoms with Gasteiger partial charge in [0.05, 0.1) is 23.1 Å². The highest BCUT2D eigenvalue weighted by Crippen LogP contribution is 2.10. The van der Waals surface area contributed by atoms with Gasteiger partial charge < -0.3 is 0 Å². The molecular weight excluding hydrogens is 236 g/mol. The van der Waals surface area contributed by atoms with E-state index in [0.717, 1.165) is 11.0 Å². The molecule has 3 aromatic rings. The van der Waals surface area contributed by atoms with E-state index in [4.69, 9.17) is 0 Å². The predicted molar refractivity (Wildman–Crippen MR) is 74.0 cm³/mol. The number of ketones is 1. The summed E-state index contributed by atoms with van der Waals surface area (Å²) in [4.78, 5) is 20.9. The summed E-state index contributed by atoms with van der Waals surface area (Å²) < 4.78 is 0. The maximum Gasteiger partial charge on any atom is 0.168 e. The summed E-state index contributed by atoms with van der Waals surface area (Å²) in [6.07, 6.45) is 1.95. The van der Waals surface area contributed by atoms with Gasteiger partial charge in [-0.2, -0.15) is 0 Å². The number of nitrogens with zero attached hydrogens (tertiary/aromatic N) is 2. The zero-order valence-corrected chi connectivity index (χ0v) is 10.3. The van der Waals surface area contributed by atoms with Crippen LogP contribution in [0.15, 0.2) is 60.8 Å². The van der Waals surface area contributed by atoms with E-state index >= 15 is 0 Å². The van der Waals surface area contributed by atoms with Gasteiger partial charge in [-0.25, -0.2) is 4.98 Å². The maximum atomic E-state index is 12.1. The first-order chi connectivity index (χ1) is 9.33. The van der Waals surface area contributed by atoms with Crippen LogP contribution in [0.5, 0.6) is 0 Å². The fourth-order valence-corrected chi connectivity index (χ4v) is 1.97. The van der Waals surface area contributed by atoms with Gasteiger partial charge in [-0.15, -0.1) is 0 Å². The number of rotatable bonds is 3. The van der Waals surface area contributed by atoms with Gasteiger partial charge in [0.15, 0.2) is 5.78 Å². The summed E-state index contributed by atoms with van der Waals surface area (Å²) in [6.45, 7) is 0. The van der Waals surface area contributed by atoms with Gasteiger partial charge in [-0.1, -0.05) is 42.5 Å². The molecule has 0 bridgehead atoms. The highest BCUT2D eigenvalue weighted by molar-refractivity contribution is 5.97. The molecule has 0 radical (unpaired) electrons. The summed E-state index contributed by atoms with van der Waals surface area (Å²) in [7, 11) is 0. The van der Waals surface area contributed by atoms with E-state index < -0.39 is 0 Å². The minimum atomic E-state index is 0.0604. The number of Topliss-reactive ketones (excluding diaryl/α,β-unsaturated/α-hetero) is 1. The molecule has 3 nitrogen and oxygen atoms in total. The monoisotopic (exact) mass is 248 g/mol. The standard InChI is InChI=1S/C16H12N2O/c19-16(12-6-2-1-3-7-12)10-13-11-17-14-8-4-5-9-15(14)18-13/h1-9,11H,10H2. The molecule has 0 fully saturated rings. The zero-order chi connectivity index (χ0) is 13.1. The van der Waals surface area contributed by atoms with Gasteiger partial charge in [0, 0.05) is 11.8 Å². The molecule has 0 atom stereocenters. The summed E-state index contributed by atoms with van der Waals surface area (Å²) in [5.41, 5.74) is 3.07. The number of hydrogen-bond acceptors (Lipinski definition) is 3. The Morgan fingerprint density at radius 3 is 2.37 bits per heavy atom. The van der Waals surface area contributed by atoms with E-state index in [1.807, 2.05) is 54.6 Å². The minimum Gasteiger partial charge on any atom is -0.294 e. The summed E-state index contributed by atoms with van der Waals surface area (Å²) >= 11 is 0. The van der Waals surface area contributed by atoms with Crippen LogP contribution in [0.2, 0.25) is 0 Å². The van der Waals surface area contributed by atoms with Crippen molar-refractivity contribution in [2.45, 2.75) is 6.42 Å². The van der Waals surface area contributed by atoms with Crippen molar-refractivity contribution in [1.29, 1.82) is 0 Å². The van der Waals surface area contributed by atoms with Crippen molar-refractivity contribution >= 4 is 16.8 Å². The van der Waals surface area contributed by atoms with E-state index in [1.165, 1.54) is 0 Å². The van der Waals surface area contributed by atoms with Crippen molar-refractivity contribution in [3.63, 3.8) is 0 Å². The Morgan fingerprint density at radius 1 is 0.895 bits per heavy atom. The predicted octanol–water partition coefficient (Wildman–Crippen LogP) is 3.06. The molecule has 0 amide bonds. The average Bonchev–Trinajstić information content (AvgIpc) is 2.48. The van der Waals surface area contributed by atoms with Gasteiger partial charge in [0.2, 0.25) is 0 Å². The molecule has 3 heteroatoms. The molecule has 19 heavy (non-hydrogen) atoms. The minimum absolute atomic E-state index is 0.0604. The molecule has 0 aliphatic carbocycles. The molecule has 0 saturated carbocycles. The van der Waals surface area contributed by atoms with Crippen LogP contribution in [0.25, 0.3) is 11.0 Å². The molecule has 0 N–H and O–H groups in total. The molecule has 2 aromatic carbocycles. The average molecular weight is 248 g/mol. The van der Waals surface area contributed by atoms with Crippen LogP contribution in [0.1, 0.15) is 16.1 Å². The third kappa shape index (κ3) is 2.50. The van der Waals surface area contributed by atoms with Crippen molar-refractivity contribution in [2.24, 2.45) is 0 Å². The third-order valence-corrected chi connectivity index (χ3v) is 2.94. The van der Waals surface area contributed by atoms with E-state index in [2.05, 4.69) is 9.97 Å². The lowest BCUT2D eigenvalue weighted by Crippen LogP contribution is -2.05. The molecule has 3 rings (SSSR count). The fraction of sp³-hybridized carbons (Fsp3) is 0.0625. The van der Waals surface area contributed by atoms with E-state index in [-0.39, 0.29) is 12.2 Å². The third-order valence-electron chi connectivity index (χ3n) is 2.94. The Hall–Kier alpha value is -2.55. The second-order valence-electron chi connectivity index (χ2n) is 4.32. The van der Waals surface area contributed by atoms with Crippen LogP contribution < -0.4 is 0 Å². The van der Waals surface area contributed by atoms with Gasteiger partial charge in [0.1, 0.15) is 0 Å². The molecule has 0 unspecified atom stereocenters. The number of benzene rings is 2. The molecule has 1 heterocycles. The van der Waals surface area contributed by atoms with Crippen LogP contribution in [-0.4, -0.2) is 15.8 Å². The van der Waals surface area contributed by atoms with Crippen molar-refractivity contribution in [3.05, 3.63) is 72.1 Å². The Labute approximate surface area is 111 Å². The van der Waals surface area contributed by atoms with Crippen LogP contribution in [0, 0.1) is 0 Å². The Balaban J connectivity index is 1.87. The maximum absolute atomic E-state index is 12.1. The van der Waals surface area contributed by atoms with Crippen molar-refractivity contribution in [1.82, 2.24) is 9.97 Å². The van der Waals surface area contributed by atoms with Gasteiger partial charge >= 0.3 is 0 Å². The smallest absolute Gasteiger partial charge is 0.168 e. The Kier molecular flexibility index (Phi) is 3.02. The van der Waals surface area contributed by atoms with E-state index in [1.54, 1.807) is 6.20 Å². The number of para-hydroxylation sites is 2. The lowest BCUT2D eigenvalue weighted by Gasteiger charge is -2.02. The number of hydrogen-bond donors (Lipinski definition) is 0. The van der Waals surface area contributed by atoms with Crippen molar-refractivity contribution in [3.8, 4) is 0 Å². The van der Waals surface area contributed by atoms with Crippen LogP contribution in [0.3, 0.4) is 0 Å². The van der Waals surface area contributed by atoms with Crippen LogP contribution in [0.4, 0.5) is 0 Å². The van der Waals surface area contributed by atoms with Gasteiger partial charge in [-0.3, -0.25) is 9.78 Å². The number of carbonyl (C=O) groups is 1. The molecule has 0 aliphatic rings. The largest absolute Gasteiger partial charge is 0.294 e. The summed E-state index contributed by atoms with van der Waals surface area (Å²) in [5.74, 6) is 0.0604. The van der Waals surface area contributed by atoms with Crippen molar-refractivity contribution in [2.75, 3.05) is 0 Å². The SMILES string of the molecule is O=C(Cc1cnc2ccccc2n1)c1ccccc1. The highest BCUT2D eigenvalue weighted by Gasteiger charge is 2.08. The first-order valence-electron chi connectivity index (χ1n) is 6.12. The summed E-state index contributed by atoms with van der Waals surface area (Å²) in [5, 5.41) is 0. The zero-order valence-electron chi connectivity index (χ0n) is 10.3. The first-order valence-corrected chi connectivity index (χ1v) is 6.12. The first kappa shape index (κ1) is 11.5. The van der Waals surface area contributed by atoms with Crippen molar-refractivity contribution < 1.29 is 4.79 Å². The Morgan fingerprint density at radius 2 is 1.58 bits per heavy atom. The highest BCUT2D eigenvalue weighted by atomic mass is 16.1. The molecule has 0 aliphatic heterocycles. The lowest BCUT2D eigenvalue weighted by atomic mass is 10.1. The van der Waals surface area contributed by atoms with Gasteiger partial charge in [-0.05, 0) is 12.1 Å². The fourth-order valence-electron chi connectivity index (χ4n) is 1.97. The lowest BCUT2D eigenvalue weighted by molar-refractivity contribution is 0.0992. The molecular formula is C16H12N2O. The number of fused-ring (bicyclic) bond motifs is 1. The van der Waals surface area contributed by atoms with Gasteiger partial charge in [0.25, 0.3) is 0 Å². The second-order valence-corrected chi connectivity index (χ2v) is 4.32. The molecule has 1 aromatic heterocycles. The molecule has 0 spiro atoms. The number of carbonyl (C=O) groups excluding carboxylic acids is 1. The van der Waals surface area contributed by atoms with Crippen LogP contribution >= 0.6 is 0 Å². The summed E-state index contributed by atoms with van der Waals surface area (Å²) in [6, 6.07) is 16.9. The number of aromatic nitrogens is 2. The van der Waals surface area contributed by atoms with E-state index in [0.29, 0.717) is 11.3 Å². The van der Waals surface area contributed by atoms with Crippen LogP contribution in [-0.2, 0) is 6.42 Å². The quantitative estimate of drug-likeness (QED) is 0.669. The molecule has 92 valence electrons. The topological polar surface area (TPSA) is 42.9 Å². The molecule has 0 saturated heterocycles. The Bertz CT molecular complexity index is 723. The van der Waals surface area contributed by atoms with E-state index in [9.17, 15) is 4.79 Å². The normalized spacial score (nSPS) is 10.5. The second kappa shape index (κ2) is 4.98.